The molecule has 4 heteroatoms. The molecule has 1 aromatic carbocycles. The predicted molar refractivity (Wildman–Crippen MR) is 81.2 cm³/mol. The Morgan fingerprint density at radius 3 is 2.73 bits per heavy atom. The van der Waals surface area contributed by atoms with Crippen molar-refractivity contribution in [3.63, 3.8) is 0 Å². The summed E-state index contributed by atoms with van der Waals surface area (Å²) in [4.78, 5) is 24.1. The molecule has 3 unspecified atom stereocenters. The van der Waals surface area contributed by atoms with Crippen LogP contribution in [0, 0.1) is 11.8 Å². The van der Waals surface area contributed by atoms with E-state index >= 15 is 0 Å². The second-order valence-electron chi connectivity index (χ2n) is 6.30. The van der Waals surface area contributed by atoms with Gasteiger partial charge in [-0.15, -0.1) is 6.58 Å². The molecule has 2 aliphatic rings. The molecule has 3 rings (SSSR count). The monoisotopic (exact) mass is 300 g/mol. The van der Waals surface area contributed by atoms with E-state index in [4.69, 9.17) is 9.47 Å². The van der Waals surface area contributed by atoms with Crippen LogP contribution in [-0.2, 0) is 14.3 Å². The first-order chi connectivity index (χ1) is 10.5. The van der Waals surface area contributed by atoms with Gasteiger partial charge in [0.25, 0.3) is 0 Å². The Bertz CT molecular complexity index is 592. The summed E-state index contributed by atoms with van der Waals surface area (Å²) in [6.45, 7) is 5.90. The SMILES string of the molecule is C=C(C)CC1CC2CC(OC2=O)[C@@H]1OC(=O)c1ccccc1. The summed E-state index contributed by atoms with van der Waals surface area (Å²) in [5, 5.41) is 0. The van der Waals surface area contributed by atoms with Crippen molar-refractivity contribution in [2.45, 2.75) is 38.4 Å². The van der Waals surface area contributed by atoms with E-state index < -0.39 is 0 Å². The van der Waals surface area contributed by atoms with Crippen molar-refractivity contribution >= 4 is 11.9 Å². The van der Waals surface area contributed by atoms with E-state index in [2.05, 4.69) is 6.58 Å². The third-order valence-electron chi connectivity index (χ3n) is 4.40. The van der Waals surface area contributed by atoms with E-state index in [-0.39, 0.29) is 36.0 Å². The van der Waals surface area contributed by atoms with Crippen LogP contribution in [0.3, 0.4) is 0 Å². The van der Waals surface area contributed by atoms with E-state index in [1.807, 2.05) is 13.0 Å². The number of carbonyl (C=O) groups is 2. The number of esters is 2. The first-order valence-electron chi connectivity index (χ1n) is 7.65. The predicted octanol–water partition coefficient (Wildman–Crippen LogP) is 3.13. The molecular weight excluding hydrogens is 280 g/mol. The lowest BCUT2D eigenvalue weighted by atomic mass is 9.77. The van der Waals surface area contributed by atoms with E-state index in [0.717, 1.165) is 12.0 Å². The van der Waals surface area contributed by atoms with Crippen LogP contribution < -0.4 is 0 Å². The summed E-state index contributed by atoms with van der Waals surface area (Å²) in [5.41, 5.74) is 1.54. The molecule has 2 fully saturated rings. The fraction of sp³-hybridized carbons (Fsp3) is 0.444. The molecular formula is C18H20O4. The average molecular weight is 300 g/mol. The van der Waals surface area contributed by atoms with Gasteiger partial charge in [0.15, 0.2) is 0 Å². The van der Waals surface area contributed by atoms with Crippen molar-refractivity contribution in [3.8, 4) is 0 Å². The van der Waals surface area contributed by atoms with Crippen molar-refractivity contribution in [3.05, 3.63) is 48.0 Å². The van der Waals surface area contributed by atoms with Gasteiger partial charge in [-0.25, -0.2) is 4.79 Å². The van der Waals surface area contributed by atoms with Crippen LogP contribution in [0.5, 0.6) is 0 Å². The molecule has 1 aliphatic carbocycles. The van der Waals surface area contributed by atoms with Gasteiger partial charge in [0.1, 0.15) is 12.2 Å². The van der Waals surface area contributed by atoms with Gasteiger partial charge >= 0.3 is 11.9 Å². The highest BCUT2D eigenvalue weighted by molar-refractivity contribution is 5.89. The Labute approximate surface area is 130 Å². The number of hydrogen-bond donors (Lipinski definition) is 0. The lowest BCUT2D eigenvalue weighted by Crippen LogP contribution is -2.40. The van der Waals surface area contributed by atoms with Gasteiger partial charge in [-0.2, -0.15) is 0 Å². The van der Waals surface area contributed by atoms with Crippen molar-refractivity contribution in [2.24, 2.45) is 11.8 Å². The highest BCUT2D eigenvalue weighted by Gasteiger charge is 2.49. The first kappa shape index (κ1) is 14.8. The van der Waals surface area contributed by atoms with Crippen molar-refractivity contribution in [2.75, 3.05) is 0 Å². The highest BCUT2D eigenvalue weighted by atomic mass is 16.6. The van der Waals surface area contributed by atoms with Gasteiger partial charge < -0.3 is 9.47 Å². The maximum atomic E-state index is 12.3. The second-order valence-corrected chi connectivity index (χ2v) is 6.30. The van der Waals surface area contributed by atoms with E-state index in [0.29, 0.717) is 18.4 Å². The Morgan fingerprint density at radius 2 is 2.05 bits per heavy atom. The summed E-state index contributed by atoms with van der Waals surface area (Å²) in [6, 6.07) is 8.90. The Hall–Kier alpha value is -2.10. The molecule has 22 heavy (non-hydrogen) atoms. The lowest BCUT2D eigenvalue weighted by molar-refractivity contribution is -0.146. The Balaban J connectivity index is 1.77. The molecule has 4 atom stereocenters. The minimum Gasteiger partial charge on any atom is -0.458 e. The van der Waals surface area contributed by atoms with Crippen molar-refractivity contribution in [1.82, 2.24) is 0 Å². The van der Waals surface area contributed by atoms with Gasteiger partial charge in [-0.1, -0.05) is 23.8 Å². The molecule has 2 bridgehead atoms. The number of benzene rings is 1. The third kappa shape index (κ3) is 2.91. The standard InChI is InChI=1S/C18H20O4/c1-11(2)8-13-9-14-10-15(21-18(14)20)16(13)22-17(19)12-6-4-3-5-7-12/h3-7,13-16H,1,8-10H2,2H3/t13?,14?,15?,16-/m1/s1. The summed E-state index contributed by atoms with van der Waals surface area (Å²) >= 11 is 0. The molecule has 1 aromatic rings. The van der Waals surface area contributed by atoms with Crippen LogP contribution in [0.4, 0.5) is 0 Å². The topological polar surface area (TPSA) is 52.6 Å². The number of rotatable bonds is 4. The van der Waals surface area contributed by atoms with Crippen LogP contribution in [0.2, 0.25) is 0 Å². The summed E-state index contributed by atoms with van der Waals surface area (Å²) in [6.07, 6.45) is 1.40. The quantitative estimate of drug-likeness (QED) is 0.633. The number of ether oxygens (including phenoxy) is 2. The molecule has 4 nitrogen and oxygen atoms in total. The van der Waals surface area contributed by atoms with Crippen LogP contribution in [0.1, 0.15) is 36.5 Å². The lowest BCUT2D eigenvalue weighted by Gasteiger charge is -2.33. The van der Waals surface area contributed by atoms with Gasteiger partial charge in [-0.05, 0) is 31.9 Å². The van der Waals surface area contributed by atoms with Crippen LogP contribution in [-0.4, -0.2) is 24.1 Å². The second kappa shape index (κ2) is 5.95. The summed E-state index contributed by atoms with van der Waals surface area (Å²) < 4.78 is 11.1. The minimum absolute atomic E-state index is 0.0546. The molecule has 1 aliphatic heterocycles. The van der Waals surface area contributed by atoms with Gasteiger partial charge in [0.2, 0.25) is 0 Å². The molecule has 116 valence electrons. The smallest absolute Gasteiger partial charge is 0.338 e. The number of carbonyl (C=O) groups excluding carboxylic acids is 2. The molecule has 1 saturated carbocycles. The fourth-order valence-corrected chi connectivity index (χ4v) is 3.45. The van der Waals surface area contributed by atoms with Crippen molar-refractivity contribution in [1.29, 1.82) is 0 Å². The van der Waals surface area contributed by atoms with E-state index in [1.54, 1.807) is 24.3 Å². The Kier molecular flexibility index (Phi) is 4.01. The zero-order valence-electron chi connectivity index (χ0n) is 12.7. The zero-order chi connectivity index (χ0) is 15.7. The molecule has 0 spiro atoms. The molecule has 0 amide bonds. The molecule has 0 aromatic heterocycles. The fourth-order valence-electron chi connectivity index (χ4n) is 3.45. The maximum absolute atomic E-state index is 12.3. The van der Waals surface area contributed by atoms with E-state index in [9.17, 15) is 9.59 Å². The zero-order valence-corrected chi connectivity index (χ0v) is 12.7. The third-order valence-corrected chi connectivity index (χ3v) is 4.40. The normalized spacial score (nSPS) is 29.8. The van der Waals surface area contributed by atoms with Crippen LogP contribution >= 0.6 is 0 Å². The Morgan fingerprint density at radius 1 is 1.32 bits per heavy atom. The van der Waals surface area contributed by atoms with Crippen molar-refractivity contribution < 1.29 is 19.1 Å². The summed E-state index contributed by atoms with van der Waals surface area (Å²) in [5.74, 6) is -0.477. The largest absolute Gasteiger partial charge is 0.458 e. The van der Waals surface area contributed by atoms with Crippen LogP contribution in [0.25, 0.3) is 0 Å². The maximum Gasteiger partial charge on any atom is 0.338 e. The highest BCUT2D eigenvalue weighted by Crippen LogP contribution is 2.42. The van der Waals surface area contributed by atoms with E-state index in [1.165, 1.54) is 0 Å². The number of hydrogen-bond acceptors (Lipinski definition) is 4. The van der Waals surface area contributed by atoms with Gasteiger partial charge in [0.05, 0.1) is 11.5 Å². The average Bonchev–Trinajstić information content (AvgIpc) is 2.80. The molecule has 1 heterocycles. The summed E-state index contributed by atoms with van der Waals surface area (Å²) in [7, 11) is 0. The van der Waals surface area contributed by atoms with Crippen LogP contribution in [0.15, 0.2) is 42.5 Å². The number of fused-ring (bicyclic) bond motifs is 2. The molecule has 0 radical (unpaired) electrons. The molecule has 0 N–H and O–H groups in total. The van der Waals surface area contributed by atoms with Gasteiger partial charge in [-0.3, -0.25) is 4.79 Å². The minimum atomic E-state index is -0.382. The van der Waals surface area contributed by atoms with Gasteiger partial charge in [0, 0.05) is 12.3 Å². The number of allylic oxidation sites excluding steroid dienone is 1. The molecule has 1 saturated heterocycles. The first-order valence-corrected chi connectivity index (χ1v) is 7.65.